The van der Waals surface area contributed by atoms with Crippen LogP contribution in [0.5, 0.6) is 0 Å². The van der Waals surface area contributed by atoms with Crippen LogP contribution in [0.25, 0.3) is 0 Å². The zero-order valence-corrected chi connectivity index (χ0v) is 10.4. The van der Waals surface area contributed by atoms with Crippen molar-refractivity contribution in [2.45, 2.75) is 57.9 Å². The Hall–Kier alpha value is -0.830. The monoisotopic (exact) mass is 225 g/mol. The number of aliphatic hydroxyl groups is 1. The molecule has 1 aliphatic rings. The van der Waals surface area contributed by atoms with Crippen LogP contribution in [-0.4, -0.2) is 23.2 Å². The summed E-state index contributed by atoms with van der Waals surface area (Å²) in [5.41, 5.74) is 0.784. The lowest BCUT2D eigenvalue weighted by atomic mass is 9.95. The van der Waals surface area contributed by atoms with Gasteiger partial charge < -0.3 is 10.4 Å². The highest BCUT2D eigenvalue weighted by atomic mass is 16.3. The molecule has 0 saturated carbocycles. The lowest BCUT2D eigenvalue weighted by Gasteiger charge is -2.27. The summed E-state index contributed by atoms with van der Waals surface area (Å²) in [5, 5.41) is 12.1. The second kappa shape index (κ2) is 6.04. The molecule has 0 heterocycles. The third kappa shape index (κ3) is 3.97. The summed E-state index contributed by atoms with van der Waals surface area (Å²) in [6.45, 7) is 3.84. The molecule has 0 aromatic heterocycles. The Balaban J connectivity index is 2.43. The van der Waals surface area contributed by atoms with Crippen LogP contribution in [0.2, 0.25) is 0 Å². The van der Waals surface area contributed by atoms with Crippen LogP contribution in [0.4, 0.5) is 0 Å². The number of carbonyl (C=O) groups excluding carboxylic acids is 1. The third-order valence-corrected chi connectivity index (χ3v) is 3.34. The Morgan fingerprint density at radius 3 is 2.81 bits per heavy atom. The zero-order valence-electron chi connectivity index (χ0n) is 10.4. The van der Waals surface area contributed by atoms with Crippen molar-refractivity contribution in [1.82, 2.24) is 5.32 Å². The van der Waals surface area contributed by atoms with E-state index in [1.54, 1.807) is 0 Å². The molecule has 0 radical (unpaired) electrons. The number of rotatable bonds is 5. The van der Waals surface area contributed by atoms with Gasteiger partial charge in [-0.2, -0.15) is 0 Å². The SMILES string of the molecule is CCC(C)(CO)NC(=O)CC1=CCCCC1. The summed E-state index contributed by atoms with van der Waals surface area (Å²) in [5.74, 6) is 0.0338. The second-order valence-corrected chi connectivity index (χ2v) is 4.91. The predicted molar refractivity (Wildman–Crippen MR) is 65.1 cm³/mol. The standard InChI is InChI=1S/C13H23NO2/c1-3-13(2,10-15)14-12(16)9-11-7-5-4-6-8-11/h7,15H,3-6,8-10H2,1-2H3,(H,14,16). The van der Waals surface area contributed by atoms with Crippen molar-refractivity contribution in [1.29, 1.82) is 0 Å². The summed E-state index contributed by atoms with van der Waals surface area (Å²) < 4.78 is 0. The Bertz CT molecular complexity index is 267. The topological polar surface area (TPSA) is 49.3 Å². The van der Waals surface area contributed by atoms with Gasteiger partial charge in [-0.3, -0.25) is 4.79 Å². The summed E-state index contributed by atoms with van der Waals surface area (Å²) in [6, 6.07) is 0. The van der Waals surface area contributed by atoms with E-state index in [1.165, 1.54) is 18.4 Å². The van der Waals surface area contributed by atoms with Crippen LogP contribution < -0.4 is 5.32 Å². The van der Waals surface area contributed by atoms with E-state index in [1.807, 2.05) is 13.8 Å². The molecule has 16 heavy (non-hydrogen) atoms. The average molecular weight is 225 g/mol. The molecule has 1 amide bonds. The van der Waals surface area contributed by atoms with Gasteiger partial charge >= 0.3 is 0 Å². The molecule has 92 valence electrons. The molecule has 1 rings (SSSR count). The van der Waals surface area contributed by atoms with E-state index in [4.69, 9.17) is 0 Å². The molecule has 2 N–H and O–H groups in total. The maximum absolute atomic E-state index is 11.8. The van der Waals surface area contributed by atoms with Gasteiger partial charge in [-0.1, -0.05) is 18.6 Å². The first-order chi connectivity index (χ1) is 7.59. The molecule has 0 saturated heterocycles. The molecule has 3 nitrogen and oxygen atoms in total. The van der Waals surface area contributed by atoms with Crippen LogP contribution in [0.1, 0.15) is 52.4 Å². The molecular formula is C13H23NO2. The average Bonchev–Trinajstić information content (AvgIpc) is 2.30. The minimum absolute atomic E-state index is 0.00567. The van der Waals surface area contributed by atoms with Crippen molar-refractivity contribution in [2.24, 2.45) is 0 Å². The molecular weight excluding hydrogens is 202 g/mol. The number of allylic oxidation sites excluding steroid dienone is 1. The molecule has 0 aliphatic heterocycles. The van der Waals surface area contributed by atoms with Crippen LogP contribution in [0, 0.1) is 0 Å². The molecule has 1 aliphatic carbocycles. The van der Waals surface area contributed by atoms with Gasteiger partial charge in [0.1, 0.15) is 0 Å². The summed E-state index contributed by atoms with van der Waals surface area (Å²) >= 11 is 0. The fraction of sp³-hybridized carbons (Fsp3) is 0.769. The van der Waals surface area contributed by atoms with Gasteiger partial charge in [-0.15, -0.1) is 0 Å². The van der Waals surface area contributed by atoms with Crippen LogP contribution >= 0.6 is 0 Å². The van der Waals surface area contributed by atoms with Gasteiger partial charge in [0.05, 0.1) is 12.1 Å². The maximum Gasteiger partial charge on any atom is 0.224 e. The van der Waals surface area contributed by atoms with E-state index in [0.29, 0.717) is 6.42 Å². The van der Waals surface area contributed by atoms with Crippen LogP contribution in [-0.2, 0) is 4.79 Å². The summed E-state index contributed by atoms with van der Waals surface area (Å²) in [6.07, 6.45) is 8.02. The van der Waals surface area contributed by atoms with Gasteiger partial charge in [-0.05, 0) is 39.0 Å². The number of nitrogens with one attached hydrogen (secondary N) is 1. The van der Waals surface area contributed by atoms with Gasteiger partial charge in [0, 0.05) is 6.42 Å². The van der Waals surface area contributed by atoms with Gasteiger partial charge in [0.2, 0.25) is 5.91 Å². The van der Waals surface area contributed by atoms with Crippen molar-refractivity contribution in [3.8, 4) is 0 Å². The quantitative estimate of drug-likeness (QED) is 0.704. The lowest BCUT2D eigenvalue weighted by molar-refractivity contribution is -0.122. The highest BCUT2D eigenvalue weighted by Crippen LogP contribution is 2.20. The highest BCUT2D eigenvalue weighted by Gasteiger charge is 2.23. The fourth-order valence-electron chi connectivity index (χ4n) is 1.89. The highest BCUT2D eigenvalue weighted by molar-refractivity contribution is 5.79. The number of carbonyl (C=O) groups is 1. The predicted octanol–water partition coefficient (Wildman–Crippen LogP) is 2.15. The second-order valence-electron chi connectivity index (χ2n) is 4.91. The van der Waals surface area contributed by atoms with Crippen molar-refractivity contribution in [3.63, 3.8) is 0 Å². The molecule has 0 aromatic rings. The van der Waals surface area contributed by atoms with Crippen LogP contribution in [0.15, 0.2) is 11.6 Å². The molecule has 0 aromatic carbocycles. The molecule has 1 unspecified atom stereocenters. The molecule has 0 fully saturated rings. The maximum atomic E-state index is 11.8. The first kappa shape index (κ1) is 13.2. The Labute approximate surface area is 97.9 Å². The van der Waals surface area contributed by atoms with Crippen molar-refractivity contribution in [3.05, 3.63) is 11.6 Å². The molecule has 0 spiro atoms. The fourth-order valence-corrected chi connectivity index (χ4v) is 1.89. The van der Waals surface area contributed by atoms with Gasteiger partial charge in [0.15, 0.2) is 0 Å². The zero-order chi connectivity index (χ0) is 12.0. The van der Waals surface area contributed by atoms with E-state index < -0.39 is 5.54 Å². The minimum atomic E-state index is -0.466. The normalized spacial score (nSPS) is 19.8. The number of hydrogen-bond acceptors (Lipinski definition) is 2. The van der Waals surface area contributed by atoms with E-state index in [2.05, 4.69) is 11.4 Å². The smallest absolute Gasteiger partial charge is 0.224 e. The van der Waals surface area contributed by atoms with E-state index in [0.717, 1.165) is 19.3 Å². The largest absolute Gasteiger partial charge is 0.394 e. The number of amides is 1. The van der Waals surface area contributed by atoms with Crippen LogP contribution in [0.3, 0.4) is 0 Å². The van der Waals surface area contributed by atoms with E-state index in [9.17, 15) is 9.90 Å². The Morgan fingerprint density at radius 2 is 2.31 bits per heavy atom. The Morgan fingerprint density at radius 1 is 1.56 bits per heavy atom. The van der Waals surface area contributed by atoms with Crippen molar-refractivity contribution >= 4 is 5.91 Å². The minimum Gasteiger partial charge on any atom is -0.394 e. The lowest BCUT2D eigenvalue weighted by Crippen LogP contribution is -2.48. The number of hydrogen-bond donors (Lipinski definition) is 2. The van der Waals surface area contributed by atoms with Crippen molar-refractivity contribution in [2.75, 3.05) is 6.61 Å². The molecule has 1 atom stereocenters. The van der Waals surface area contributed by atoms with Gasteiger partial charge in [-0.25, -0.2) is 0 Å². The summed E-state index contributed by atoms with van der Waals surface area (Å²) in [4.78, 5) is 11.8. The van der Waals surface area contributed by atoms with E-state index >= 15 is 0 Å². The Kier molecular flexibility index (Phi) is 5.00. The third-order valence-electron chi connectivity index (χ3n) is 3.34. The van der Waals surface area contributed by atoms with Gasteiger partial charge in [0.25, 0.3) is 0 Å². The first-order valence-corrected chi connectivity index (χ1v) is 6.19. The number of aliphatic hydroxyl groups excluding tert-OH is 1. The molecule has 3 heteroatoms. The summed E-state index contributed by atoms with van der Waals surface area (Å²) in [7, 11) is 0. The molecule has 0 bridgehead atoms. The van der Waals surface area contributed by atoms with Crippen molar-refractivity contribution < 1.29 is 9.90 Å². The first-order valence-electron chi connectivity index (χ1n) is 6.19. The van der Waals surface area contributed by atoms with E-state index in [-0.39, 0.29) is 12.5 Å².